The topological polar surface area (TPSA) is 20.3 Å². The molecule has 1 aliphatic rings. The van der Waals surface area contributed by atoms with E-state index in [-0.39, 0.29) is 5.56 Å². The standard InChI is InChI=1S/C14H18FNO/c1-3-11-8-7-10(2)16(11)14-6-4-5-13(15)12(14)9-17/h4-6,9-11H,3,7-8H2,1-2H3. The zero-order chi connectivity index (χ0) is 12.4. The van der Waals surface area contributed by atoms with Crippen LogP contribution in [-0.2, 0) is 0 Å². The molecule has 0 radical (unpaired) electrons. The predicted octanol–water partition coefficient (Wildman–Crippen LogP) is 3.41. The van der Waals surface area contributed by atoms with Crippen molar-refractivity contribution in [3.8, 4) is 0 Å². The number of carbonyl (C=O) groups excluding carboxylic acids is 1. The molecule has 2 nitrogen and oxygen atoms in total. The first-order valence-corrected chi connectivity index (χ1v) is 6.21. The summed E-state index contributed by atoms with van der Waals surface area (Å²) in [5, 5.41) is 0. The van der Waals surface area contributed by atoms with Gasteiger partial charge in [0.15, 0.2) is 6.29 Å². The van der Waals surface area contributed by atoms with Crippen LogP contribution in [0.25, 0.3) is 0 Å². The SMILES string of the molecule is CCC1CCC(C)N1c1cccc(F)c1C=O. The summed E-state index contributed by atoms with van der Waals surface area (Å²) < 4.78 is 13.6. The summed E-state index contributed by atoms with van der Waals surface area (Å²) in [4.78, 5) is 13.2. The van der Waals surface area contributed by atoms with Gasteiger partial charge in [-0.2, -0.15) is 0 Å². The van der Waals surface area contributed by atoms with E-state index in [9.17, 15) is 9.18 Å². The molecule has 1 heterocycles. The molecular formula is C14H18FNO. The second-order valence-electron chi connectivity index (χ2n) is 4.69. The molecule has 0 aromatic heterocycles. The number of benzene rings is 1. The molecule has 1 aromatic carbocycles. The zero-order valence-corrected chi connectivity index (χ0v) is 10.3. The van der Waals surface area contributed by atoms with Gasteiger partial charge in [-0.15, -0.1) is 0 Å². The largest absolute Gasteiger partial charge is 0.365 e. The lowest BCUT2D eigenvalue weighted by molar-refractivity contribution is 0.112. The number of anilines is 1. The van der Waals surface area contributed by atoms with Crippen LogP contribution in [0.1, 0.15) is 43.5 Å². The minimum absolute atomic E-state index is 0.194. The second-order valence-corrected chi connectivity index (χ2v) is 4.69. The third kappa shape index (κ3) is 2.06. The Bertz CT molecular complexity index is 419. The monoisotopic (exact) mass is 235 g/mol. The molecule has 0 spiro atoms. The van der Waals surface area contributed by atoms with Gasteiger partial charge in [0, 0.05) is 12.1 Å². The smallest absolute Gasteiger partial charge is 0.155 e. The maximum absolute atomic E-state index is 13.6. The maximum Gasteiger partial charge on any atom is 0.155 e. The highest BCUT2D eigenvalue weighted by Crippen LogP contribution is 2.34. The van der Waals surface area contributed by atoms with E-state index in [1.165, 1.54) is 6.07 Å². The Morgan fingerprint density at radius 1 is 1.47 bits per heavy atom. The number of hydrogen-bond donors (Lipinski definition) is 0. The van der Waals surface area contributed by atoms with Crippen molar-refractivity contribution in [2.75, 3.05) is 4.90 Å². The highest BCUT2D eigenvalue weighted by Gasteiger charge is 2.31. The molecule has 0 bridgehead atoms. The van der Waals surface area contributed by atoms with Crippen LogP contribution >= 0.6 is 0 Å². The van der Waals surface area contributed by atoms with Crippen molar-refractivity contribution < 1.29 is 9.18 Å². The number of rotatable bonds is 3. The first-order chi connectivity index (χ1) is 8.19. The van der Waals surface area contributed by atoms with Crippen molar-refractivity contribution in [3.05, 3.63) is 29.6 Å². The average Bonchev–Trinajstić information content (AvgIpc) is 2.70. The highest BCUT2D eigenvalue weighted by molar-refractivity contribution is 5.85. The van der Waals surface area contributed by atoms with Gasteiger partial charge in [-0.3, -0.25) is 4.79 Å². The van der Waals surface area contributed by atoms with Crippen molar-refractivity contribution in [3.63, 3.8) is 0 Å². The van der Waals surface area contributed by atoms with E-state index in [1.54, 1.807) is 6.07 Å². The molecule has 1 aliphatic heterocycles. The Hall–Kier alpha value is -1.38. The van der Waals surface area contributed by atoms with Gasteiger partial charge >= 0.3 is 0 Å². The summed E-state index contributed by atoms with van der Waals surface area (Å²) >= 11 is 0. The minimum atomic E-state index is -0.425. The Labute approximate surface area is 101 Å². The molecule has 17 heavy (non-hydrogen) atoms. The van der Waals surface area contributed by atoms with Crippen LogP contribution in [0.4, 0.5) is 10.1 Å². The van der Waals surface area contributed by atoms with E-state index < -0.39 is 5.82 Å². The molecule has 92 valence electrons. The van der Waals surface area contributed by atoms with Crippen LogP contribution < -0.4 is 4.90 Å². The minimum Gasteiger partial charge on any atom is -0.365 e. The summed E-state index contributed by atoms with van der Waals surface area (Å²) in [6.07, 6.45) is 3.88. The zero-order valence-electron chi connectivity index (χ0n) is 10.3. The normalized spacial score (nSPS) is 24.1. The van der Waals surface area contributed by atoms with Crippen molar-refractivity contribution in [2.45, 2.75) is 45.2 Å². The van der Waals surface area contributed by atoms with Gasteiger partial charge < -0.3 is 4.90 Å². The lowest BCUT2D eigenvalue weighted by Crippen LogP contribution is -2.35. The molecular weight excluding hydrogens is 217 g/mol. The van der Waals surface area contributed by atoms with Gasteiger partial charge in [-0.05, 0) is 38.3 Å². The van der Waals surface area contributed by atoms with Crippen LogP contribution in [0, 0.1) is 5.82 Å². The van der Waals surface area contributed by atoms with Crippen LogP contribution in [-0.4, -0.2) is 18.4 Å². The van der Waals surface area contributed by atoms with Gasteiger partial charge in [0.25, 0.3) is 0 Å². The van der Waals surface area contributed by atoms with Crippen LogP contribution in [0.3, 0.4) is 0 Å². The van der Waals surface area contributed by atoms with Gasteiger partial charge in [-0.25, -0.2) is 4.39 Å². The molecule has 1 fully saturated rings. The van der Waals surface area contributed by atoms with E-state index in [2.05, 4.69) is 18.7 Å². The Morgan fingerprint density at radius 3 is 2.88 bits per heavy atom. The van der Waals surface area contributed by atoms with Gasteiger partial charge in [-0.1, -0.05) is 13.0 Å². The fraction of sp³-hybridized carbons (Fsp3) is 0.500. The molecule has 0 amide bonds. The second kappa shape index (κ2) is 4.86. The number of halogens is 1. The number of aldehydes is 1. The first-order valence-electron chi connectivity index (χ1n) is 6.21. The molecule has 2 atom stereocenters. The van der Waals surface area contributed by atoms with Gasteiger partial charge in [0.2, 0.25) is 0 Å². The summed E-state index contributed by atoms with van der Waals surface area (Å²) in [5.74, 6) is -0.425. The number of hydrogen-bond acceptors (Lipinski definition) is 2. The maximum atomic E-state index is 13.6. The number of nitrogens with zero attached hydrogens (tertiary/aromatic N) is 1. The quantitative estimate of drug-likeness (QED) is 0.748. The average molecular weight is 235 g/mol. The van der Waals surface area contributed by atoms with E-state index in [0.29, 0.717) is 18.4 Å². The van der Waals surface area contributed by atoms with E-state index in [1.807, 2.05) is 6.07 Å². The Kier molecular flexibility index (Phi) is 3.46. The fourth-order valence-corrected chi connectivity index (χ4v) is 2.77. The van der Waals surface area contributed by atoms with Crippen molar-refractivity contribution >= 4 is 12.0 Å². The van der Waals surface area contributed by atoms with Crippen molar-refractivity contribution in [1.82, 2.24) is 0 Å². The van der Waals surface area contributed by atoms with Crippen LogP contribution in [0.15, 0.2) is 18.2 Å². The van der Waals surface area contributed by atoms with Crippen molar-refractivity contribution in [1.29, 1.82) is 0 Å². The summed E-state index contributed by atoms with van der Waals surface area (Å²) in [6.45, 7) is 4.27. The molecule has 0 saturated carbocycles. The fourth-order valence-electron chi connectivity index (χ4n) is 2.77. The third-order valence-electron chi connectivity index (χ3n) is 3.68. The van der Waals surface area contributed by atoms with Crippen LogP contribution in [0.2, 0.25) is 0 Å². The molecule has 1 saturated heterocycles. The molecule has 3 heteroatoms. The summed E-state index contributed by atoms with van der Waals surface area (Å²) in [5.41, 5.74) is 0.941. The third-order valence-corrected chi connectivity index (χ3v) is 3.68. The van der Waals surface area contributed by atoms with Crippen LogP contribution in [0.5, 0.6) is 0 Å². The van der Waals surface area contributed by atoms with Gasteiger partial charge in [0.1, 0.15) is 5.82 Å². The molecule has 0 aliphatic carbocycles. The molecule has 2 rings (SSSR count). The lowest BCUT2D eigenvalue weighted by Gasteiger charge is -2.31. The highest BCUT2D eigenvalue weighted by atomic mass is 19.1. The van der Waals surface area contributed by atoms with E-state index in [4.69, 9.17) is 0 Å². The molecule has 2 unspecified atom stereocenters. The van der Waals surface area contributed by atoms with E-state index >= 15 is 0 Å². The molecule has 1 aromatic rings. The summed E-state index contributed by atoms with van der Waals surface area (Å²) in [7, 11) is 0. The Morgan fingerprint density at radius 2 is 2.24 bits per heavy atom. The van der Waals surface area contributed by atoms with Crippen molar-refractivity contribution in [2.24, 2.45) is 0 Å². The Balaban J connectivity index is 2.45. The molecule has 0 N–H and O–H groups in total. The first kappa shape index (κ1) is 12.1. The predicted molar refractivity (Wildman–Crippen MR) is 67.0 cm³/mol. The summed E-state index contributed by atoms with van der Waals surface area (Å²) in [6, 6.07) is 5.66. The lowest BCUT2D eigenvalue weighted by atomic mass is 10.1. The number of carbonyl (C=O) groups is 1. The van der Waals surface area contributed by atoms with E-state index in [0.717, 1.165) is 24.9 Å². The van der Waals surface area contributed by atoms with Gasteiger partial charge in [0.05, 0.1) is 11.3 Å².